The maximum absolute atomic E-state index is 12.0. The van der Waals surface area contributed by atoms with Gasteiger partial charge >= 0.3 is 6.36 Å². The average Bonchev–Trinajstić information content (AvgIpc) is 2.29. The lowest BCUT2D eigenvalue weighted by molar-refractivity contribution is -0.274. The van der Waals surface area contributed by atoms with Gasteiger partial charge in [0.2, 0.25) is 0 Å². The number of hydrogen-bond donors (Lipinski definition) is 1. The summed E-state index contributed by atoms with van der Waals surface area (Å²) < 4.78 is 39.7. The van der Waals surface area contributed by atoms with Crippen LogP contribution < -0.4 is 10.1 Å². The van der Waals surface area contributed by atoms with Crippen LogP contribution in [0.1, 0.15) is 25.8 Å². The van der Waals surface area contributed by atoms with E-state index in [0.717, 1.165) is 0 Å². The fraction of sp³-hybridized carbons (Fsp3) is 0.500. The molecule has 1 N–H and O–H groups in total. The zero-order chi connectivity index (χ0) is 15.2. The summed E-state index contributed by atoms with van der Waals surface area (Å²) in [6.45, 7) is 4.58. The Morgan fingerprint density at radius 1 is 1.25 bits per heavy atom. The molecule has 1 aromatic carbocycles. The topological polar surface area (TPSA) is 38.3 Å². The molecule has 0 aliphatic heterocycles. The van der Waals surface area contributed by atoms with Gasteiger partial charge < -0.3 is 10.1 Å². The molecule has 0 aliphatic rings. The summed E-state index contributed by atoms with van der Waals surface area (Å²) in [5.74, 6) is -0.238. The normalized spacial score (nSPS) is 11.7. The van der Waals surface area contributed by atoms with Gasteiger partial charge in [0, 0.05) is 25.4 Å². The number of nitrogens with one attached hydrogen (secondary N) is 1. The molecule has 3 nitrogen and oxygen atoms in total. The molecule has 0 bridgehead atoms. The quantitative estimate of drug-likeness (QED) is 0.838. The molecule has 6 heteroatoms. The first-order valence-electron chi connectivity index (χ1n) is 6.36. The van der Waals surface area contributed by atoms with Gasteiger partial charge in [-0.25, -0.2) is 0 Å². The number of rotatable bonds is 7. The number of alkyl halides is 3. The van der Waals surface area contributed by atoms with Crippen molar-refractivity contribution < 1.29 is 22.7 Å². The average molecular weight is 289 g/mol. The van der Waals surface area contributed by atoms with Crippen molar-refractivity contribution in [2.45, 2.75) is 39.1 Å². The molecule has 0 heterocycles. The minimum absolute atomic E-state index is 0.0441. The van der Waals surface area contributed by atoms with Crippen LogP contribution in [0.2, 0.25) is 0 Å². The molecule has 0 unspecified atom stereocenters. The SMILES string of the molecule is CC(C)NCCC(=O)Cc1ccc(OC(F)(F)F)cc1. The van der Waals surface area contributed by atoms with Crippen molar-refractivity contribution in [2.75, 3.05) is 6.54 Å². The highest BCUT2D eigenvalue weighted by Crippen LogP contribution is 2.22. The lowest BCUT2D eigenvalue weighted by Gasteiger charge is -2.09. The highest BCUT2D eigenvalue weighted by Gasteiger charge is 2.30. The molecular weight excluding hydrogens is 271 g/mol. The standard InChI is InChI=1S/C14H18F3NO2/c1-10(2)18-8-7-12(19)9-11-3-5-13(6-4-11)20-14(15,16)17/h3-6,10,18H,7-9H2,1-2H3. The lowest BCUT2D eigenvalue weighted by atomic mass is 10.1. The number of ketones is 1. The van der Waals surface area contributed by atoms with E-state index in [4.69, 9.17) is 0 Å². The fourth-order valence-electron chi connectivity index (χ4n) is 1.63. The third kappa shape index (κ3) is 7.13. The maximum atomic E-state index is 12.0. The van der Waals surface area contributed by atoms with Crippen LogP contribution in [0.25, 0.3) is 0 Å². The van der Waals surface area contributed by atoms with Crippen LogP contribution in [0.15, 0.2) is 24.3 Å². The Morgan fingerprint density at radius 2 is 1.85 bits per heavy atom. The van der Waals surface area contributed by atoms with Gasteiger partial charge in [-0.3, -0.25) is 4.79 Å². The minimum atomic E-state index is -4.69. The summed E-state index contributed by atoms with van der Waals surface area (Å²) in [4.78, 5) is 11.7. The Bertz CT molecular complexity index is 427. The summed E-state index contributed by atoms with van der Waals surface area (Å²) in [5.41, 5.74) is 0.675. The van der Waals surface area contributed by atoms with Crippen molar-refractivity contribution in [3.63, 3.8) is 0 Å². The molecular formula is C14H18F3NO2. The second kappa shape index (κ2) is 7.28. The van der Waals surface area contributed by atoms with Crippen LogP contribution in [0.4, 0.5) is 13.2 Å². The molecule has 112 valence electrons. The molecule has 0 amide bonds. The molecule has 0 saturated heterocycles. The van der Waals surface area contributed by atoms with Gasteiger partial charge in [0.25, 0.3) is 0 Å². The van der Waals surface area contributed by atoms with E-state index in [1.54, 1.807) is 0 Å². The van der Waals surface area contributed by atoms with Crippen LogP contribution in [0, 0.1) is 0 Å². The molecule has 20 heavy (non-hydrogen) atoms. The molecule has 0 radical (unpaired) electrons. The summed E-state index contributed by atoms with van der Waals surface area (Å²) >= 11 is 0. The largest absolute Gasteiger partial charge is 0.573 e. The van der Waals surface area contributed by atoms with Crippen molar-refractivity contribution in [2.24, 2.45) is 0 Å². The van der Waals surface area contributed by atoms with Crippen LogP contribution in [-0.4, -0.2) is 24.7 Å². The van der Waals surface area contributed by atoms with E-state index >= 15 is 0 Å². The van der Waals surface area contributed by atoms with E-state index in [1.807, 2.05) is 13.8 Å². The zero-order valence-corrected chi connectivity index (χ0v) is 11.5. The molecule has 0 aromatic heterocycles. The van der Waals surface area contributed by atoms with E-state index in [-0.39, 0.29) is 18.0 Å². The van der Waals surface area contributed by atoms with Gasteiger partial charge in [-0.15, -0.1) is 13.2 Å². The van der Waals surface area contributed by atoms with Crippen LogP contribution in [-0.2, 0) is 11.2 Å². The van der Waals surface area contributed by atoms with E-state index in [1.165, 1.54) is 24.3 Å². The van der Waals surface area contributed by atoms with Crippen molar-refractivity contribution in [1.29, 1.82) is 0 Å². The van der Waals surface area contributed by atoms with E-state index in [0.29, 0.717) is 24.6 Å². The predicted octanol–water partition coefficient (Wildman–Crippen LogP) is 3.08. The third-order valence-corrected chi connectivity index (χ3v) is 2.51. The van der Waals surface area contributed by atoms with Gasteiger partial charge in [-0.2, -0.15) is 0 Å². The molecule has 0 saturated carbocycles. The van der Waals surface area contributed by atoms with Crippen molar-refractivity contribution >= 4 is 5.78 Å². The van der Waals surface area contributed by atoms with Crippen molar-refractivity contribution in [3.8, 4) is 5.75 Å². The summed E-state index contributed by atoms with van der Waals surface area (Å²) in [7, 11) is 0. The first-order valence-corrected chi connectivity index (χ1v) is 6.36. The maximum Gasteiger partial charge on any atom is 0.573 e. The highest BCUT2D eigenvalue weighted by atomic mass is 19.4. The molecule has 1 rings (SSSR count). The smallest absolute Gasteiger partial charge is 0.406 e. The fourth-order valence-corrected chi connectivity index (χ4v) is 1.63. The molecule has 1 aromatic rings. The van der Waals surface area contributed by atoms with E-state index in [9.17, 15) is 18.0 Å². The Balaban J connectivity index is 2.43. The van der Waals surface area contributed by atoms with Gasteiger partial charge in [-0.05, 0) is 17.7 Å². The van der Waals surface area contributed by atoms with Gasteiger partial charge in [0.05, 0.1) is 0 Å². The first-order chi connectivity index (χ1) is 9.26. The van der Waals surface area contributed by atoms with E-state index in [2.05, 4.69) is 10.1 Å². The Hall–Kier alpha value is -1.56. The second-order valence-corrected chi connectivity index (χ2v) is 4.77. The van der Waals surface area contributed by atoms with Gasteiger partial charge in [0.1, 0.15) is 11.5 Å². The van der Waals surface area contributed by atoms with Gasteiger partial charge in [-0.1, -0.05) is 26.0 Å². The minimum Gasteiger partial charge on any atom is -0.406 e. The third-order valence-electron chi connectivity index (χ3n) is 2.51. The predicted molar refractivity (Wildman–Crippen MR) is 69.6 cm³/mol. The summed E-state index contributed by atoms with van der Waals surface area (Å²) in [6.07, 6.45) is -4.08. The number of ether oxygens (including phenoxy) is 1. The number of benzene rings is 1. The Morgan fingerprint density at radius 3 is 2.35 bits per heavy atom. The number of halogens is 3. The zero-order valence-electron chi connectivity index (χ0n) is 11.5. The van der Waals surface area contributed by atoms with Crippen molar-refractivity contribution in [3.05, 3.63) is 29.8 Å². The number of hydrogen-bond acceptors (Lipinski definition) is 3. The monoisotopic (exact) mass is 289 g/mol. The molecule has 0 fully saturated rings. The Labute approximate surface area is 116 Å². The number of carbonyl (C=O) groups excluding carboxylic acids is 1. The lowest BCUT2D eigenvalue weighted by Crippen LogP contribution is -2.25. The number of carbonyl (C=O) groups is 1. The Kier molecular flexibility index (Phi) is 6.01. The number of Topliss-reactive ketones (excluding diaryl/α,β-unsaturated/α-hetero) is 1. The summed E-state index contributed by atoms with van der Waals surface area (Å²) in [5, 5.41) is 3.13. The van der Waals surface area contributed by atoms with Crippen LogP contribution in [0.3, 0.4) is 0 Å². The first kappa shape index (κ1) is 16.5. The second-order valence-electron chi connectivity index (χ2n) is 4.77. The highest BCUT2D eigenvalue weighted by molar-refractivity contribution is 5.81. The molecule has 0 atom stereocenters. The van der Waals surface area contributed by atoms with E-state index < -0.39 is 6.36 Å². The van der Waals surface area contributed by atoms with Crippen LogP contribution in [0.5, 0.6) is 5.75 Å². The summed E-state index contributed by atoms with van der Waals surface area (Å²) in [6, 6.07) is 5.68. The van der Waals surface area contributed by atoms with Crippen molar-refractivity contribution in [1.82, 2.24) is 5.32 Å². The van der Waals surface area contributed by atoms with Crippen LogP contribution >= 0.6 is 0 Å². The molecule has 0 spiro atoms. The van der Waals surface area contributed by atoms with Gasteiger partial charge in [0.15, 0.2) is 0 Å². The molecule has 0 aliphatic carbocycles.